The Morgan fingerprint density at radius 3 is 2.08 bits per heavy atom. The van der Waals surface area contributed by atoms with E-state index >= 15 is 0 Å². The molecule has 0 aliphatic carbocycles. The molecular formula is C17H18Cl2N2O5. The molecule has 0 bridgehead atoms. The lowest BCUT2D eigenvalue weighted by Gasteiger charge is -2.21. The van der Waals surface area contributed by atoms with Crippen molar-refractivity contribution in [1.29, 1.82) is 0 Å². The monoisotopic (exact) mass is 400 g/mol. The van der Waals surface area contributed by atoms with Gasteiger partial charge in [-0.15, -0.1) is 0 Å². The number of hydrogen-bond acceptors (Lipinski definition) is 5. The van der Waals surface area contributed by atoms with E-state index in [1.807, 2.05) is 13.8 Å². The Morgan fingerprint density at radius 1 is 1.12 bits per heavy atom. The predicted octanol–water partition coefficient (Wildman–Crippen LogP) is 2.44. The Kier molecular flexibility index (Phi) is 6.26. The van der Waals surface area contributed by atoms with E-state index in [9.17, 15) is 19.2 Å². The SMILES string of the molecule is CC[C@H](C)NC(=O)COC(=O)[C@H](C)N1C(=O)c2cc(Cl)c(Cl)cc2C1=O. The number of amides is 3. The Hall–Kier alpha value is -2.12. The first-order valence-corrected chi connectivity index (χ1v) is 8.75. The quantitative estimate of drug-likeness (QED) is 0.584. The Bertz CT molecular complexity index is 740. The molecular weight excluding hydrogens is 383 g/mol. The van der Waals surface area contributed by atoms with Crippen molar-refractivity contribution in [2.45, 2.75) is 39.3 Å². The van der Waals surface area contributed by atoms with Crippen molar-refractivity contribution in [2.24, 2.45) is 0 Å². The number of ether oxygens (including phenoxy) is 1. The van der Waals surface area contributed by atoms with Gasteiger partial charge in [-0.05, 0) is 32.4 Å². The summed E-state index contributed by atoms with van der Waals surface area (Å²) in [6.45, 7) is 4.57. The smallest absolute Gasteiger partial charge is 0.329 e. The normalized spacial score (nSPS) is 15.5. The molecule has 1 aliphatic rings. The molecule has 1 heterocycles. The summed E-state index contributed by atoms with van der Waals surface area (Å²) in [6.07, 6.45) is 0.732. The second-order valence-electron chi connectivity index (χ2n) is 5.95. The third-order valence-corrected chi connectivity index (χ3v) is 4.77. The van der Waals surface area contributed by atoms with Gasteiger partial charge in [-0.3, -0.25) is 19.3 Å². The predicted molar refractivity (Wildman–Crippen MR) is 95.3 cm³/mol. The van der Waals surface area contributed by atoms with Gasteiger partial charge in [-0.25, -0.2) is 4.79 Å². The summed E-state index contributed by atoms with van der Waals surface area (Å²) in [6, 6.07) is 1.33. The van der Waals surface area contributed by atoms with Gasteiger partial charge in [0.15, 0.2) is 6.61 Å². The number of nitrogens with one attached hydrogen (secondary N) is 1. The van der Waals surface area contributed by atoms with Crippen LogP contribution in [-0.2, 0) is 14.3 Å². The van der Waals surface area contributed by atoms with E-state index in [0.717, 1.165) is 11.3 Å². The number of nitrogens with zero attached hydrogens (tertiary/aromatic N) is 1. The molecule has 1 aromatic rings. The van der Waals surface area contributed by atoms with Gasteiger partial charge < -0.3 is 10.1 Å². The summed E-state index contributed by atoms with van der Waals surface area (Å²) < 4.78 is 4.92. The van der Waals surface area contributed by atoms with Gasteiger partial charge in [0, 0.05) is 6.04 Å². The Balaban J connectivity index is 2.07. The molecule has 0 aromatic heterocycles. The fraction of sp³-hybridized carbons (Fsp3) is 0.412. The number of benzene rings is 1. The van der Waals surface area contributed by atoms with Gasteiger partial charge in [-0.1, -0.05) is 30.1 Å². The summed E-state index contributed by atoms with van der Waals surface area (Å²) in [5.74, 6) is -2.66. The number of carbonyl (C=O) groups is 4. The fourth-order valence-corrected chi connectivity index (χ4v) is 2.71. The van der Waals surface area contributed by atoms with Gasteiger partial charge in [0.05, 0.1) is 21.2 Å². The summed E-state index contributed by atoms with van der Waals surface area (Å²) in [4.78, 5) is 49.5. The van der Waals surface area contributed by atoms with E-state index < -0.39 is 36.3 Å². The van der Waals surface area contributed by atoms with Crippen molar-refractivity contribution in [3.8, 4) is 0 Å². The number of rotatable bonds is 6. The summed E-state index contributed by atoms with van der Waals surface area (Å²) in [5.41, 5.74) is 0.136. The number of hydrogen-bond donors (Lipinski definition) is 1. The van der Waals surface area contributed by atoms with Crippen molar-refractivity contribution in [3.63, 3.8) is 0 Å². The standard InChI is InChI=1S/C17H18Cl2N2O5/c1-4-8(2)20-14(22)7-26-17(25)9(3)21-15(23)10-5-12(18)13(19)6-11(10)16(21)24/h5-6,8-9H,4,7H2,1-3H3,(H,20,22)/t8-,9-/m0/s1. The Morgan fingerprint density at radius 2 is 1.62 bits per heavy atom. The van der Waals surface area contributed by atoms with Crippen molar-refractivity contribution >= 4 is 46.9 Å². The first-order chi connectivity index (χ1) is 12.2. The lowest BCUT2D eigenvalue weighted by Crippen LogP contribution is -2.45. The van der Waals surface area contributed by atoms with E-state index in [1.165, 1.54) is 19.1 Å². The number of fused-ring (bicyclic) bond motifs is 1. The van der Waals surface area contributed by atoms with E-state index in [-0.39, 0.29) is 27.2 Å². The lowest BCUT2D eigenvalue weighted by atomic mass is 10.1. The first kappa shape index (κ1) is 20.2. The number of carbonyl (C=O) groups excluding carboxylic acids is 4. The van der Waals surface area contributed by atoms with E-state index in [2.05, 4.69) is 5.32 Å². The van der Waals surface area contributed by atoms with E-state index in [0.29, 0.717) is 0 Å². The molecule has 0 spiro atoms. The van der Waals surface area contributed by atoms with Crippen molar-refractivity contribution in [1.82, 2.24) is 10.2 Å². The van der Waals surface area contributed by atoms with E-state index in [1.54, 1.807) is 0 Å². The molecule has 1 aliphatic heterocycles. The van der Waals surface area contributed by atoms with Crippen molar-refractivity contribution < 1.29 is 23.9 Å². The number of esters is 1. The molecule has 9 heteroatoms. The minimum atomic E-state index is -1.20. The van der Waals surface area contributed by atoms with Crippen LogP contribution in [0, 0.1) is 0 Å². The number of halogens is 2. The molecule has 1 aromatic carbocycles. The average molecular weight is 401 g/mol. The van der Waals surface area contributed by atoms with Gasteiger partial charge >= 0.3 is 5.97 Å². The molecule has 2 rings (SSSR count). The molecule has 0 fully saturated rings. The second kappa shape index (κ2) is 8.05. The van der Waals surface area contributed by atoms with Gasteiger partial charge in [-0.2, -0.15) is 0 Å². The number of imide groups is 1. The second-order valence-corrected chi connectivity index (χ2v) is 6.77. The Labute approximate surface area is 160 Å². The molecule has 0 saturated heterocycles. The molecule has 2 atom stereocenters. The van der Waals surface area contributed by atoms with Gasteiger partial charge in [0.25, 0.3) is 17.7 Å². The van der Waals surface area contributed by atoms with Gasteiger partial charge in [0.1, 0.15) is 6.04 Å². The van der Waals surface area contributed by atoms with Crippen molar-refractivity contribution in [2.75, 3.05) is 6.61 Å². The zero-order valence-electron chi connectivity index (χ0n) is 14.5. The summed E-state index contributed by atoms with van der Waals surface area (Å²) in [7, 11) is 0. The fourth-order valence-electron chi connectivity index (χ4n) is 2.39. The van der Waals surface area contributed by atoms with E-state index in [4.69, 9.17) is 27.9 Å². The lowest BCUT2D eigenvalue weighted by molar-refractivity contribution is -0.152. The van der Waals surface area contributed by atoms with Crippen LogP contribution in [0.25, 0.3) is 0 Å². The van der Waals surface area contributed by atoms with Crippen molar-refractivity contribution in [3.05, 3.63) is 33.3 Å². The summed E-state index contributed by atoms with van der Waals surface area (Å²) >= 11 is 11.8. The van der Waals surface area contributed by atoms with Gasteiger partial charge in [0.2, 0.25) is 0 Å². The zero-order chi connectivity index (χ0) is 19.6. The minimum absolute atomic E-state index is 0.0515. The highest BCUT2D eigenvalue weighted by Gasteiger charge is 2.42. The minimum Gasteiger partial charge on any atom is -0.454 e. The summed E-state index contributed by atoms with van der Waals surface area (Å²) in [5, 5.41) is 2.90. The molecule has 26 heavy (non-hydrogen) atoms. The third-order valence-electron chi connectivity index (χ3n) is 4.05. The topological polar surface area (TPSA) is 92.8 Å². The van der Waals surface area contributed by atoms with Crippen LogP contribution in [0.15, 0.2) is 12.1 Å². The molecule has 0 saturated carbocycles. The molecule has 7 nitrogen and oxygen atoms in total. The average Bonchev–Trinajstić information content (AvgIpc) is 2.83. The highest BCUT2D eigenvalue weighted by molar-refractivity contribution is 6.43. The van der Waals surface area contributed by atoms with Crippen LogP contribution >= 0.6 is 23.2 Å². The van der Waals surface area contributed by atoms with Crippen LogP contribution in [-0.4, -0.2) is 47.3 Å². The maximum absolute atomic E-state index is 12.5. The molecule has 3 amide bonds. The molecule has 0 radical (unpaired) electrons. The van der Waals surface area contributed by atoms with Crippen LogP contribution in [0.4, 0.5) is 0 Å². The largest absolute Gasteiger partial charge is 0.454 e. The highest BCUT2D eigenvalue weighted by atomic mass is 35.5. The van der Waals surface area contributed by atoms with Crippen LogP contribution in [0.2, 0.25) is 10.0 Å². The molecule has 0 unspecified atom stereocenters. The maximum atomic E-state index is 12.5. The van der Waals surface area contributed by atoms with Crippen LogP contribution in [0.3, 0.4) is 0 Å². The third kappa shape index (κ3) is 3.99. The first-order valence-electron chi connectivity index (χ1n) is 8.00. The van der Waals surface area contributed by atoms with Crippen LogP contribution in [0.5, 0.6) is 0 Å². The van der Waals surface area contributed by atoms with Crippen LogP contribution < -0.4 is 5.32 Å². The van der Waals surface area contributed by atoms with Crippen LogP contribution in [0.1, 0.15) is 47.9 Å². The molecule has 1 N–H and O–H groups in total. The maximum Gasteiger partial charge on any atom is 0.329 e. The highest BCUT2D eigenvalue weighted by Crippen LogP contribution is 2.32. The zero-order valence-corrected chi connectivity index (χ0v) is 16.0. The molecule has 140 valence electrons.